The number of thiazole rings is 1. The SMILES string of the molecule is C[C@H](NC(=O)c1ccc2nc(-n3cccc3)sc2c1)C(=O)NCCC1=CCCCC1. The molecule has 1 aliphatic rings. The van der Waals surface area contributed by atoms with Crippen LogP contribution in [0.5, 0.6) is 0 Å². The molecule has 30 heavy (non-hydrogen) atoms. The number of carbonyl (C=O) groups excluding carboxylic acids is 2. The van der Waals surface area contributed by atoms with Crippen molar-refractivity contribution in [2.45, 2.75) is 45.1 Å². The van der Waals surface area contributed by atoms with Crippen molar-refractivity contribution in [3.05, 3.63) is 59.9 Å². The first-order valence-corrected chi connectivity index (χ1v) is 11.2. The van der Waals surface area contributed by atoms with Crippen LogP contribution in [0.1, 0.15) is 49.4 Å². The molecular formula is C23H26N4O2S. The predicted molar refractivity (Wildman–Crippen MR) is 120 cm³/mol. The van der Waals surface area contributed by atoms with E-state index in [-0.39, 0.29) is 11.8 Å². The Morgan fingerprint density at radius 1 is 1.23 bits per heavy atom. The molecular weight excluding hydrogens is 396 g/mol. The van der Waals surface area contributed by atoms with Crippen molar-refractivity contribution in [1.82, 2.24) is 20.2 Å². The number of hydrogen-bond donors (Lipinski definition) is 2. The molecule has 7 heteroatoms. The van der Waals surface area contributed by atoms with Crippen LogP contribution < -0.4 is 10.6 Å². The third-order valence-corrected chi connectivity index (χ3v) is 6.37. The lowest BCUT2D eigenvalue weighted by Gasteiger charge is -2.16. The Morgan fingerprint density at radius 3 is 2.83 bits per heavy atom. The fraction of sp³-hybridized carbons (Fsp3) is 0.348. The highest BCUT2D eigenvalue weighted by molar-refractivity contribution is 7.20. The van der Waals surface area contributed by atoms with Crippen LogP contribution in [0.15, 0.2) is 54.4 Å². The van der Waals surface area contributed by atoms with Gasteiger partial charge >= 0.3 is 0 Å². The van der Waals surface area contributed by atoms with E-state index in [0.717, 1.165) is 34.6 Å². The molecule has 1 atom stereocenters. The number of fused-ring (bicyclic) bond motifs is 1. The van der Waals surface area contributed by atoms with Crippen molar-refractivity contribution in [3.8, 4) is 5.13 Å². The summed E-state index contributed by atoms with van der Waals surface area (Å²) in [4.78, 5) is 29.6. The minimum Gasteiger partial charge on any atom is -0.354 e. The van der Waals surface area contributed by atoms with Gasteiger partial charge in [-0.1, -0.05) is 23.0 Å². The molecule has 2 N–H and O–H groups in total. The number of hydrogen-bond acceptors (Lipinski definition) is 4. The lowest BCUT2D eigenvalue weighted by molar-refractivity contribution is -0.122. The van der Waals surface area contributed by atoms with Crippen LogP contribution >= 0.6 is 11.3 Å². The number of nitrogens with one attached hydrogen (secondary N) is 2. The molecule has 0 bridgehead atoms. The quantitative estimate of drug-likeness (QED) is 0.560. The van der Waals surface area contributed by atoms with Gasteiger partial charge < -0.3 is 15.2 Å². The molecule has 6 nitrogen and oxygen atoms in total. The normalized spacial score (nSPS) is 14.9. The minimum atomic E-state index is -0.592. The fourth-order valence-electron chi connectivity index (χ4n) is 3.60. The molecule has 1 aliphatic carbocycles. The number of rotatable bonds is 7. The first-order valence-electron chi connectivity index (χ1n) is 10.4. The highest BCUT2D eigenvalue weighted by Crippen LogP contribution is 2.26. The van der Waals surface area contributed by atoms with Crippen molar-refractivity contribution in [1.29, 1.82) is 0 Å². The van der Waals surface area contributed by atoms with Crippen molar-refractivity contribution in [2.75, 3.05) is 6.54 Å². The molecule has 0 fully saturated rings. The summed E-state index contributed by atoms with van der Waals surface area (Å²) in [6, 6.07) is 8.72. The second-order valence-corrected chi connectivity index (χ2v) is 8.62. The van der Waals surface area contributed by atoms with E-state index in [9.17, 15) is 9.59 Å². The summed E-state index contributed by atoms with van der Waals surface area (Å²) in [5.41, 5.74) is 2.80. The number of aromatic nitrogens is 2. The summed E-state index contributed by atoms with van der Waals surface area (Å²) >= 11 is 1.52. The molecule has 1 aromatic carbocycles. The highest BCUT2D eigenvalue weighted by atomic mass is 32.1. The van der Waals surface area contributed by atoms with Crippen LogP contribution in [-0.2, 0) is 4.79 Å². The second kappa shape index (κ2) is 9.26. The molecule has 156 valence electrons. The van der Waals surface area contributed by atoms with Crippen LogP contribution in [0.3, 0.4) is 0 Å². The maximum Gasteiger partial charge on any atom is 0.251 e. The van der Waals surface area contributed by atoms with Crippen LogP contribution in [0.2, 0.25) is 0 Å². The number of benzene rings is 1. The van der Waals surface area contributed by atoms with Gasteiger partial charge in [0.1, 0.15) is 6.04 Å². The molecule has 4 rings (SSSR count). The average molecular weight is 423 g/mol. The summed E-state index contributed by atoms with van der Waals surface area (Å²) in [6.07, 6.45) is 11.8. The lowest BCUT2D eigenvalue weighted by Crippen LogP contribution is -2.45. The van der Waals surface area contributed by atoms with Crippen LogP contribution in [0, 0.1) is 0 Å². The maximum absolute atomic E-state index is 12.6. The molecule has 0 aliphatic heterocycles. The Balaban J connectivity index is 1.33. The van der Waals surface area contributed by atoms with E-state index < -0.39 is 6.04 Å². The zero-order chi connectivity index (χ0) is 20.9. The van der Waals surface area contributed by atoms with E-state index >= 15 is 0 Å². The van der Waals surface area contributed by atoms with E-state index in [2.05, 4.69) is 21.7 Å². The third-order valence-electron chi connectivity index (χ3n) is 5.34. The van der Waals surface area contributed by atoms with Crippen LogP contribution in [0.25, 0.3) is 15.3 Å². The monoisotopic (exact) mass is 422 g/mol. The second-order valence-electron chi connectivity index (χ2n) is 7.61. The molecule has 3 aromatic rings. The number of allylic oxidation sites excluding steroid dienone is 1. The molecule has 0 spiro atoms. The Bertz CT molecular complexity index is 1070. The minimum absolute atomic E-state index is 0.159. The van der Waals surface area contributed by atoms with Gasteiger partial charge in [-0.2, -0.15) is 0 Å². The topological polar surface area (TPSA) is 76.0 Å². The zero-order valence-electron chi connectivity index (χ0n) is 17.1. The Morgan fingerprint density at radius 2 is 2.07 bits per heavy atom. The summed E-state index contributed by atoms with van der Waals surface area (Å²) < 4.78 is 2.88. The molecule has 0 saturated carbocycles. The van der Waals surface area contributed by atoms with Gasteiger partial charge in [0.2, 0.25) is 5.91 Å². The first kappa shape index (κ1) is 20.3. The highest BCUT2D eigenvalue weighted by Gasteiger charge is 2.17. The molecule has 2 aromatic heterocycles. The lowest BCUT2D eigenvalue weighted by atomic mass is 9.97. The Hall–Kier alpha value is -2.93. The van der Waals surface area contributed by atoms with Crippen molar-refractivity contribution in [2.24, 2.45) is 0 Å². The van der Waals surface area contributed by atoms with E-state index in [0.29, 0.717) is 12.1 Å². The zero-order valence-corrected chi connectivity index (χ0v) is 17.9. The molecule has 2 heterocycles. The third kappa shape index (κ3) is 4.79. The van der Waals surface area contributed by atoms with Gasteiger partial charge in [0.05, 0.1) is 10.2 Å². The summed E-state index contributed by atoms with van der Waals surface area (Å²) in [7, 11) is 0. The largest absolute Gasteiger partial charge is 0.354 e. The Labute approximate surface area is 180 Å². The predicted octanol–water partition coefficient (Wildman–Crippen LogP) is 4.21. The van der Waals surface area contributed by atoms with Gasteiger partial charge in [0.15, 0.2) is 5.13 Å². The van der Waals surface area contributed by atoms with Gasteiger partial charge in [-0.15, -0.1) is 0 Å². The standard InChI is InChI=1S/C23H26N4O2S/c1-16(21(28)24-12-11-17-7-3-2-4-8-17)25-22(29)18-9-10-19-20(15-18)30-23(26-19)27-13-5-6-14-27/h5-7,9-10,13-16H,2-4,8,11-12H2,1H3,(H,24,28)(H,25,29)/t16-/m0/s1. The van der Waals surface area contributed by atoms with E-state index in [1.807, 2.05) is 41.2 Å². The van der Waals surface area contributed by atoms with Gasteiger partial charge in [-0.3, -0.25) is 9.59 Å². The molecule has 2 amide bonds. The van der Waals surface area contributed by atoms with Crippen LogP contribution in [0.4, 0.5) is 0 Å². The summed E-state index contributed by atoms with van der Waals surface area (Å²) in [6.45, 7) is 2.32. The molecule has 0 saturated heterocycles. The Kier molecular flexibility index (Phi) is 6.28. The average Bonchev–Trinajstić information content (AvgIpc) is 3.43. The summed E-state index contributed by atoms with van der Waals surface area (Å²) in [5.74, 6) is -0.418. The van der Waals surface area contributed by atoms with Crippen LogP contribution in [-0.4, -0.2) is 34.0 Å². The molecule has 0 unspecified atom stereocenters. The first-order chi connectivity index (χ1) is 14.6. The maximum atomic E-state index is 12.6. The number of amides is 2. The molecule has 0 radical (unpaired) electrons. The van der Waals surface area contributed by atoms with E-state index in [1.165, 1.54) is 29.8 Å². The van der Waals surface area contributed by atoms with Crippen molar-refractivity contribution >= 4 is 33.4 Å². The van der Waals surface area contributed by atoms with Gasteiger partial charge in [0, 0.05) is 24.5 Å². The summed E-state index contributed by atoms with van der Waals surface area (Å²) in [5, 5.41) is 6.58. The van der Waals surface area contributed by atoms with E-state index in [1.54, 1.807) is 13.0 Å². The van der Waals surface area contributed by atoms with Gasteiger partial charge in [-0.05, 0) is 69.4 Å². The van der Waals surface area contributed by atoms with Gasteiger partial charge in [0.25, 0.3) is 5.91 Å². The number of nitrogens with zero attached hydrogens (tertiary/aromatic N) is 2. The smallest absolute Gasteiger partial charge is 0.251 e. The van der Waals surface area contributed by atoms with E-state index in [4.69, 9.17) is 0 Å². The van der Waals surface area contributed by atoms with Gasteiger partial charge in [-0.25, -0.2) is 4.98 Å². The van der Waals surface area contributed by atoms with Crippen molar-refractivity contribution in [3.63, 3.8) is 0 Å². The number of carbonyl (C=O) groups is 2. The fourth-order valence-corrected chi connectivity index (χ4v) is 4.57. The van der Waals surface area contributed by atoms with Crippen molar-refractivity contribution < 1.29 is 9.59 Å².